The van der Waals surface area contributed by atoms with Gasteiger partial charge in [0.25, 0.3) is 5.91 Å². The first-order valence-corrected chi connectivity index (χ1v) is 9.19. The summed E-state index contributed by atoms with van der Waals surface area (Å²) in [5.74, 6) is -3.23. The van der Waals surface area contributed by atoms with Crippen LogP contribution < -0.4 is 9.64 Å². The minimum absolute atomic E-state index is 0.00340. The van der Waals surface area contributed by atoms with Crippen LogP contribution in [-0.2, 0) is 16.1 Å². The van der Waals surface area contributed by atoms with E-state index in [1.165, 1.54) is 11.0 Å². The summed E-state index contributed by atoms with van der Waals surface area (Å²) in [6, 6.07) is 7.58. The quantitative estimate of drug-likeness (QED) is 0.718. The largest absolute Gasteiger partial charge is 0.481 e. The fourth-order valence-corrected chi connectivity index (χ4v) is 4.17. The normalized spacial score (nSPS) is 16.2. The van der Waals surface area contributed by atoms with Crippen molar-refractivity contribution in [3.8, 4) is 5.75 Å². The second-order valence-corrected chi connectivity index (χ2v) is 7.45. The van der Waals surface area contributed by atoms with Crippen LogP contribution in [0, 0.1) is 18.6 Å². The molecule has 4 rings (SSSR count). The van der Waals surface area contributed by atoms with Gasteiger partial charge in [-0.3, -0.25) is 14.5 Å². The first-order valence-electron chi connectivity index (χ1n) is 8.38. The highest BCUT2D eigenvalue weighted by atomic mass is 32.1. The fraction of sp³-hybridized carbons (Fsp3) is 0.211. The van der Waals surface area contributed by atoms with E-state index >= 15 is 0 Å². The van der Waals surface area contributed by atoms with Crippen LogP contribution in [0.4, 0.5) is 14.5 Å². The number of hydrogen-bond acceptors (Lipinski definition) is 5. The number of aryl methyl sites for hydroxylation is 1. The van der Waals surface area contributed by atoms with E-state index in [0.717, 1.165) is 23.0 Å². The van der Waals surface area contributed by atoms with Crippen molar-refractivity contribution in [2.45, 2.75) is 26.0 Å². The lowest BCUT2D eigenvalue weighted by atomic mass is 10.1. The standard InChI is InChI=1S/C19H14F2N2O4S/c1-9-3-2-4-12-17(9)23(19(26)13(27-12)7-15(24)25)8-14-22-11-6-5-10(20)16(21)18(11)28-14/h2-6,13H,7-8H2,1H3,(H,24,25). The molecule has 0 saturated heterocycles. The Morgan fingerprint density at radius 3 is 2.86 bits per heavy atom. The topological polar surface area (TPSA) is 79.7 Å². The van der Waals surface area contributed by atoms with Gasteiger partial charge in [0.05, 0.1) is 28.9 Å². The second kappa shape index (κ2) is 6.83. The van der Waals surface area contributed by atoms with Gasteiger partial charge in [-0.25, -0.2) is 13.8 Å². The summed E-state index contributed by atoms with van der Waals surface area (Å²) < 4.78 is 33.1. The maximum absolute atomic E-state index is 14.0. The van der Waals surface area contributed by atoms with Gasteiger partial charge in [-0.15, -0.1) is 11.3 Å². The summed E-state index contributed by atoms with van der Waals surface area (Å²) in [6.07, 6.45) is -1.65. The van der Waals surface area contributed by atoms with E-state index in [1.54, 1.807) is 25.1 Å². The molecule has 0 saturated carbocycles. The fourth-order valence-electron chi connectivity index (χ4n) is 3.19. The summed E-state index contributed by atoms with van der Waals surface area (Å²) in [7, 11) is 0. The lowest BCUT2D eigenvalue weighted by Gasteiger charge is -2.34. The number of aliphatic carboxylic acids is 1. The first kappa shape index (κ1) is 18.3. The van der Waals surface area contributed by atoms with Gasteiger partial charge >= 0.3 is 5.97 Å². The zero-order valence-corrected chi connectivity index (χ0v) is 15.4. The first-order chi connectivity index (χ1) is 13.3. The molecule has 0 aliphatic carbocycles. The minimum Gasteiger partial charge on any atom is -0.481 e. The summed E-state index contributed by atoms with van der Waals surface area (Å²) in [4.78, 5) is 29.7. The van der Waals surface area contributed by atoms with Gasteiger partial charge in [0, 0.05) is 0 Å². The second-order valence-electron chi connectivity index (χ2n) is 6.37. The van der Waals surface area contributed by atoms with E-state index in [2.05, 4.69) is 4.98 Å². The molecule has 0 spiro atoms. The molecule has 0 bridgehead atoms. The molecule has 6 nitrogen and oxygen atoms in total. The SMILES string of the molecule is Cc1cccc2c1N(Cc1nc3ccc(F)c(F)c3s1)C(=O)C(CC(=O)O)O2. The molecular weight excluding hydrogens is 390 g/mol. The Morgan fingerprint density at radius 2 is 2.11 bits per heavy atom. The number of thiazole rings is 1. The third-order valence-corrected chi connectivity index (χ3v) is 5.48. The Balaban J connectivity index is 1.76. The number of benzene rings is 2. The average molecular weight is 404 g/mol. The number of rotatable bonds is 4. The number of carbonyl (C=O) groups excluding carboxylic acids is 1. The van der Waals surface area contributed by atoms with E-state index in [0.29, 0.717) is 22.0 Å². The van der Waals surface area contributed by atoms with Crippen molar-refractivity contribution in [1.82, 2.24) is 4.98 Å². The molecule has 2 heterocycles. The van der Waals surface area contributed by atoms with Crippen molar-refractivity contribution >= 4 is 39.1 Å². The minimum atomic E-state index is -1.17. The maximum atomic E-state index is 14.0. The van der Waals surface area contributed by atoms with E-state index in [1.807, 2.05) is 0 Å². The van der Waals surface area contributed by atoms with Crippen molar-refractivity contribution in [2.75, 3.05) is 4.90 Å². The third kappa shape index (κ3) is 3.07. The van der Waals surface area contributed by atoms with Crippen molar-refractivity contribution in [2.24, 2.45) is 0 Å². The molecule has 28 heavy (non-hydrogen) atoms. The molecule has 144 valence electrons. The number of halogens is 2. The van der Waals surface area contributed by atoms with Gasteiger partial charge in [-0.2, -0.15) is 0 Å². The predicted octanol–water partition coefficient (Wildman–Crippen LogP) is 3.65. The number of aromatic nitrogens is 1. The maximum Gasteiger partial charge on any atom is 0.307 e. The van der Waals surface area contributed by atoms with Gasteiger partial charge in [0.1, 0.15) is 10.8 Å². The Hall–Kier alpha value is -3.07. The molecule has 1 unspecified atom stereocenters. The zero-order chi connectivity index (χ0) is 20.0. The number of carbonyl (C=O) groups is 2. The van der Waals surface area contributed by atoms with Gasteiger partial charge in [0.15, 0.2) is 17.7 Å². The number of anilines is 1. The molecule has 3 aromatic rings. The summed E-state index contributed by atoms with van der Waals surface area (Å²) in [6.45, 7) is 1.80. The van der Waals surface area contributed by atoms with Crippen LogP contribution in [0.2, 0.25) is 0 Å². The molecule has 0 radical (unpaired) electrons. The summed E-state index contributed by atoms with van der Waals surface area (Å²) in [5, 5.41) is 9.48. The highest BCUT2D eigenvalue weighted by Gasteiger charge is 2.37. The zero-order valence-electron chi connectivity index (χ0n) is 14.6. The number of nitrogens with zero attached hydrogens (tertiary/aromatic N) is 2. The Labute approximate surface area is 162 Å². The summed E-state index contributed by atoms with van der Waals surface area (Å²) >= 11 is 0.952. The highest BCUT2D eigenvalue weighted by Crippen LogP contribution is 2.39. The smallest absolute Gasteiger partial charge is 0.307 e. The van der Waals surface area contributed by atoms with Crippen LogP contribution in [-0.4, -0.2) is 28.1 Å². The molecule has 1 atom stereocenters. The average Bonchev–Trinajstić information content (AvgIpc) is 3.05. The molecule has 0 fully saturated rings. The lowest BCUT2D eigenvalue weighted by molar-refractivity contribution is -0.142. The molecule has 1 aliphatic heterocycles. The van der Waals surface area contributed by atoms with E-state index < -0.39 is 36.0 Å². The number of hydrogen-bond donors (Lipinski definition) is 1. The van der Waals surface area contributed by atoms with E-state index in [4.69, 9.17) is 9.84 Å². The van der Waals surface area contributed by atoms with Crippen LogP contribution in [0.1, 0.15) is 17.0 Å². The number of carboxylic acid groups (broad SMARTS) is 1. The Kier molecular flexibility index (Phi) is 4.46. The number of carboxylic acids is 1. The van der Waals surface area contributed by atoms with Crippen LogP contribution in [0.15, 0.2) is 30.3 Å². The van der Waals surface area contributed by atoms with Crippen molar-refractivity contribution in [3.63, 3.8) is 0 Å². The van der Waals surface area contributed by atoms with E-state index in [-0.39, 0.29) is 11.2 Å². The van der Waals surface area contributed by atoms with E-state index in [9.17, 15) is 18.4 Å². The number of fused-ring (bicyclic) bond motifs is 2. The van der Waals surface area contributed by atoms with Crippen molar-refractivity contribution < 1.29 is 28.2 Å². The van der Waals surface area contributed by atoms with Gasteiger partial charge in [0.2, 0.25) is 0 Å². The highest BCUT2D eigenvalue weighted by molar-refractivity contribution is 7.18. The van der Waals surface area contributed by atoms with Gasteiger partial charge in [-0.05, 0) is 30.7 Å². The van der Waals surface area contributed by atoms with Gasteiger partial charge < -0.3 is 9.84 Å². The number of ether oxygens (including phenoxy) is 1. The molecule has 1 N–H and O–H groups in total. The Bertz CT molecular complexity index is 1110. The molecule has 2 aromatic carbocycles. The lowest BCUT2D eigenvalue weighted by Crippen LogP contribution is -2.46. The number of amides is 1. The molecule has 1 aliphatic rings. The van der Waals surface area contributed by atoms with Crippen LogP contribution in [0.25, 0.3) is 10.2 Å². The van der Waals surface area contributed by atoms with Gasteiger partial charge in [-0.1, -0.05) is 12.1 Å². The molecule has 9 heteroatoms. The summed E-state index contributed by atoms with van der Waals surface area (Å²) in [5.41, 5.74) is 1.57. The van der Waals surface area contributed by atoms with Crippen molar-refractivity contribution in [1.29, 1.82) is 0 Å². The molecular formula is C19H14F2N2O4S. The van der Waals surface area contributed by atoms with Crippen LogP contribution in [0.5, 0.6) is 5.75 Å². The van der Waals surface area contributed by atoms with Crippen LogP contribution >= 0.6 is 11.3 Å². The van der Waals surface area contributed by atoms with Crippen molar-refractivity contribution in [3.05, 3.63) is 52.5 Å². The molecule has 1 amide bonds. The van der Waals surface area contributed by atoms with Crippen LogP contribution in [0.3, 0.4) is 0 Å². The molecule has 1 aromatic heterocycles. The number of para-hydroxylation sites is 1. The predicted molar refractivity (Wildman–Crippen MR) is 98.6 cm³/mol. The third-order valence-electron chi connectivity index (χ3n) is 4.43. The monoisotopic (exact) mass is 404 g/mol. The Morgan fingerprint density at radius 1 is 1.32 bits per heavy atom.